The molecule has 1 aliphatic heterocycles. The number of likely N-dealkylation sites (tertiary alicyclic amines) is 1. The molecule has 0 spiro atoms. The molecular weight excluding hydrogens is 376 g/mol. The fraction of sp³-hybridized carbons (Fsp3) is 0.435. The lowest BCUT2D eigenvalue weighted by Gasteiger charge is -2.38. The summed E-state index contributed by atoms with van der Waals surface area (Å²) in [4.78, 5) is 14.5. The monoisotopic (exact) mass is 403 g/mol. The van der Waals surface area contributed by atoms with E-state index in [1.54, 1.807) is 25.2 Å². The van der Waals surface area contributed by atoms with E-state index in [2.05, 4.69) is 18.7 Å². The number of piperidine rings is 1. The first-order valence-corrected chi connectivity index (χ1v) is 10.1. The first-order valence-electron chi connectivity index (χ1n) is 10.1. The number of hydrogen-bond acceptors (Lipinski definition) is 4. The van der Waals surface area contributed by atoms with Gasteiger partial charge in [0.05, 0.1) is 6.54 Å². The minimum absolute atomic E-state index is 0.00517. The molecule has 2 unspecified atom stereocenters. The summed E-state index contributed by atoms with van der Waals surface area (Å²) in [7, 11) is 0. The van der Waals surface area contributed by atoms with Crippen LogP contribution in [0.1, 0.15) is 62.6 Å². The molecule has 4 nitrogen and oxygen atoms in total. The molecule has 1 fully saturated rings. The summed E-state index contributed by atoms with van der Waals surface area (Å²) in [5, 5.41) is 10.5. The van der Waals surface area contributed by atoms with Crippen LogP contribution < -0.4 is 0 Å². The van der Waals surface area contributed by atoms with Gasteiger partial charge in [-0.05, 0) is 38.8 Å². The molecule has 2 heterocycles. The highest BCUT2D eigenvalue weighted by Crippen LogP contribution is 2.31. The fourth-order valence-corrected chi connectivity index (χ4v) is 3.96. The average molecular weight is 403 g/mol. The SMILES string of the molecule is CCC(=O)c1oc2c(F)cc(F)cc2c1/C=C/C=C(\O)CN1C(C)CCCC1C. The molecule has 2 aromatic rings. The van der Waals surface area contributed by atoms with Crippen molar-refractivity contribution in [1.82, 2.24) is 4.90 Å². The molecule has 1 aliphatic rings. The van der Waals surface area contributed by atoms with Crippen molar-refractivity contribution in [3.63, 3.8) is 0 Å². The van der Waals surface area contributed by atoms with Crippen molar-refractivity contribution in [2.45, 2.75) is 58.5 Å². The van der Waals surface area contributed by atoms with E-state index in [0.29, 0.717) is 24.2 Å². The second-order valence-electron chi connectivity index (χ2n) is 7.70. The van der Waals surface area contributed by atoms with E-state index in [1.165, 1.54) is 6.42 Å². The standard InChI is InChI=1S/C23H27F2NO3/c1-4-21(28)23-18(19-11-16(24)12-20(25)22(19)29-23)10-6-9-17(27)13-26-14(2)7-5-8-15(26)3/h6,9-12,14-15,27H,4-5,7-8,13H2,1-3H3/b10-6+,17-9-. The summed E-state index contributed by atoms with van der Waals surface area (Å²) in [6, 6.07) is 2.67. The number of rotatable bonds is 6. The fourth-order valence-electron chi connectivity index (χ4n) is 3.96. The van der Waals surface area contributed by atoms with Gasteiger partial charge in [0.1, 0.15) is 11.6 Å². The van der Waals surface area contributed by atoms with Crippen molar-refractivity contribution in [2.75, 3.05) is 6.54 Å². The highest BCUT2D eigenvalue weighted by Gasteiger charge is 2.25. The topological polar surface area (TPSA) is 53.7 Å². The largest absolute Gasteiger partial charge is 0.511 e. The van der Waals surface area contributed by atoms with Crippen LogP contribution >= 0.6 is 0 Å². The molecule has 1 aromatic carbocycles. The van der Waals surface area contributed by atoms with Gasteiger partial charge in [-0.25, -0.2) is 8.78 Å². The van der Waals surface area contributed by atoms with Crippen LogP contribution in [0.15, 0.2) is 34.5 Å². The Morgan fingerprint density at radius 2 is 1.97 bits per heavy atom. The second-order valence-corrected chi connectivity index (χ2v) is 7.70. The smallest absolute Gasteiger partial charge is 0.198 e. The van der Waals surface area contributed by atoms with Gasteiger partial charge in [0, 0.05) is 35.5 Å². The van der Waals surface area contributed by atoms with E-state index in [4.69, 9.17) is 4.42 Å². The molecule has 3 rings (SSSR count). The number of ketones is 1. The van der Waals surface area contributed by atoms with Crippen LogP contribution in [0.4, 0.5) is 8.78 Å². The number of carbonyl (C=O) groups is 1. The van der Waals surface area contributed by atoms with Gasteiger partial charge in [0.2, 0.25) is 0 Å². The van der Waals surface area contributed by atoms with Crippen LogP contribution in [-0.2, 0) is 0 Å². The molecule has 156 valence electrons. The maximum Gasteiger partial charge on any atom is 0.198 e. The lowest BCUT2D eigenvalue weighted by atomic mass is 9.97. The summed E-state index contributed by atoms with van der Waals surface area (Å²) >= 11 is 0. The molecule has 1 saturated heterocycles. The number of aliphatic hydroxyl groups is 1. The highest BCUT2D eigenvalue weighted by molar-refractivity contribution is 6.03. The van der Waals surface area contributed by atoms with Crippen LogP contribution in [0.2, 0.25) is 0 Å². The second kappa shape index (κ2) is 8.91. The van der Waals surface area contributed by atoms with Crippen molar-refractivity contribution in [1.29, 1.82) is 0 Å². The van der Waals surface area contributed by atoms with Gasteiger partial charge in [-0.15, -0.1) is 0 Å². The van der Waals surface area contributed by atoms with E-state index in [1.807, 2.05) is 0 Å². The van der Waals surface area contributed by atoms with Gasteiger partial charge >= 0.3 is 0 Å². The van der Waals surface area contributed by atoms with Gasteiger partial charge in [0.25, 0.3) is 0 Å². The zero-order valence-electron chi connectivity index (χ0n) is 17.0. The maximum absolute atomic E-state index is 14.1. The Morgan fingerprint density at radius 1 is 1.28 bits per heavy atom. The summed E-state index contributed by atoms with van der Waals surface area (Å²) in [6.07, 6.45) is 8.25. The minimum Gasteiger partial charge on any atom is -0.511 e. The first kappa shape index (κ1) is 21.2. The van der Waals surface area contributed by atoms with Crippen LogP contribution in [0.3, 0.4) is 0 Å². The maximum atomic E-state index is 14.1. The van der Waals surface area contributed by atoms with Crippen molar-refractivity contribution < 1.29 is 23.1 Å². The third kappa shape index (κ3) is 4.58. The van der Waals surface area contributed by atoms with Gasteiger partial charge < -0.3 is 9.52 Å². The Bertz CT molecular complexity index is 951. The van der Waals surface area contributed by atoms with Crippen molar-refractivity contribution in [2.24, 2.45) is 0 Å². The Morgan fingerprint density at radius 3 is 2.62 bits per heavy atom. The number of nitrogens with zero attached hydrogens (tertiary/aromatic N) is 1. The molecule has 1 aromatic heterocycles. The first-order chi connectivity index (χ1) is 13.8. The van der Waals surface area contributed by atoms with E-state index in [-0.39, 0.29) is 34.7 Å². The minimum atomic E-state index is -0.851. The summed E-state index contributed by atoms with van der Waals surface area (Å²) < 4.78 is 33.2. The molecule has 29 heavy (non-hydrogen) atoms. The Hall–Kier alpha value is -2.47. The predicted molar refractivity (Wildman–Crippen MR) is 110 cm³/mol. The number of carbonyl (C=O) groups excluding carboxylic acids is 1. The molecule has 2 atom stereocenters. The number of aliphatic hydroxyl groups excluding tert-OH is 1. The predicted octanol–water partition coefficient (Wildman–Crippen LogP) is 6.02. The number of hydrogen-bond donors (Lipinski definition) is 1. The van der Waals surface area contributed by atoms with Crippen LogP contribution in [-0.4, -0.2) is 34.4 Å². The zero-order valence-corrected chi connectivity index (χ0v) is 17.0. The normalized spacial score (nSPS) is 21.3. The highest BCUT2D eigenvalue weighted by atomic mass is 19.1. The third-order valence-electron chi connectivity index (χ3n) is 5.59. The Labute approximate surface area is 169 Å². The van der Waals surface area contributed by atoms with Gasteiger partial charge in [0.15, 0.2) is 22.9 Å². The van der Waals surface area contributed by atoms with E-state index in [9.17, 15) is 18.7 Å². The molecule has 0 radical (unpaired) electrons. The average Bonchev–Trinajstić information content (AvgIpc) is 3.03. The number of furan rings is 1. The lowest BCUT2D eigenvalue weighted by molar-refractivity contribution is 0.0963. The molecular formula is C23H27F2NO3. The molecule has 0 saturated carbocycles. The summed E-state index contributed by atoms with van der Waals surface area (Å²) in [5.41, 5.74) is 0.168. The zero-order chi connectivity index (χ0) is 21.1. The molecule has 1 N–H and O–H groups in total. The van der Waals surface area contributed by atoms with E-state index in [0.717, 1.165) is 25.0 Å². The summed E-state index contributed by atoms with van der Waals surface area (Å²) in [5.74, 6) is -1.71. The van der Waals surface area contributed by atoms with E-state index >= 15 is 0 Å². The lowest BCUT2D eigenvalue weighted by Crippen LogP contribution is -2.44. The number of fused-ring (bicyclic) bond motifs is 1. The number of halogens is 2. The Balaban J connectivity index is 1.89. The van der Waals surface area contributed by atoms with Crippen molar-refractivity contribution in [3.05, 3.63) is 53.0 Å². The van der Waals surface area contributed by atoms with Crippen LogP contribution in [0.5, 0.6) is 0 Å². The quantitative estimate of drug-likeness (QED) is 0.364. The number of allylic oxidation sites excluding steroid dienone is 2. The number of benzene rings is 1. The summed E-state index contributed by atoms with van der Waals surface area (Å²) in [6.45, 7) is 6.42. The number of Topliss-reactive ketones (excluding diaryl/α,β-unsaturated/α-hetero) is 1. The van der Waals surface area contributed by atoms with Crippen molar-refractivity contribution >= 4 is 22.8 Å². The third-order valence-corrected chi connectivity index (χ3v) is 5.59. The van der Waals surface area contributed by atoms with Gasteiger partial charge in [-0.1, -0.05) is 25.5 Å². The molecule has 0 aliphatic carbocycles. The Kier molecular flexibility index (Phi) is 6.52. The van der Waals surface area contributed by atoms with Crippen LogP contribution in [0.25, 0.3) is 17.0 Å². The van der Waals surface area contributed by atoms with Gasteiger partial charge in [-0.2, -0.15) is 0 Å². The molecule has 0 amide bonds. The van der Waals surface area contributed by atoms with Gasteiger partial charge in [-0.3, -0.25) is 9.69 Å². The molecule has 0 bridgehead atoms. The van der Waals surface area contributed by atoms with Crippen LogP contribution in [0, 0.1) is 11.6 Å². The van der Waals surface area contributed by atoms with Crippen molar-refractivity contribution in [3.8, 4) is 0 Å². The molecule has 6 heteroatoms. The van der Waals surface area contributed by atoms with E-state index < -0.39 is 11.6 Å².